The standard InChI is InChI=1S/C16H17N5OS/c1-11(16-20-12(2)8-23-16)7-18-15(22)13-5-3-4-6-14(13)21-10-17-9-19-21/h3-6,8-11H,7H2,1-2H3,(H,18,22). The van der Waals surface area contributed by atoms with E-state index >= 15 is 0 Å². The summed E-state index contributed by atoms with van der Waals surface area (Å²) in [4.78, 5) is 20.9. The molecule has 0 aliphatic carbocycles. The average Bonchev–Trinajstić information content (AvgIpc) is 3.24. The molecule has 3 aromatic rings. The number of nitrogens with zero attached hydrogens (tertiary/aromatic N) is 4. The lowest BCUT2D eigenvalue weighted by molar-refractivity contribution is 0.0951. The van der Waals surface area contributed by atoms with Crippen molar-refractivity contribution < 1.29 is 4.79 Å². The molecular formula is C16H17N5OS. The van der Waals surface area contributed by atoms with Crippen LogP contribution < -0.4 is 5.32 Å². The Bertz CT molecular complexity index is 796. The van der Waals surface area contributed by atoms with Crippen LogP contribution in [0.3, 0.4) is 0 Å². The lowest BCUT2D eigenvalue weighted by Gasteiger charge is -2.12. The molecule has 0 bridgehead atoms. The molecule has 2 heterocycles. The Balaban J connectivity index is 1.72. The number of nitrogens with one attached hydrogen (secondary N) is 1. The number of aromatic nitrogens is 4. The fraction of sp³-hybridized carbons (Fsp3) is 0.250. The Hall–Kier alpha value is -2.54. The third-order valence-corrected chi connectivity index (χ3v) is 4.64. The molecule has 1 aromatic carbocycles. The molecule has 118 valence electrons. The van der Waals surface area contributed by atoms with Crippen LogP contribution >= 0.6 is 11.3 Å². The Labute approximate surface area is 138 Å². The van der Waals surface area contributed by atoms with Crippen molar-refractivity contribution in [3.63, 3.8) is 0 Å². The van der Waals surface area contributed by atoms with Crippen LogP contribution in [0.5, 0.6) is 0 Å². The summed E-state index contributed by atoms with van der Waals surface area (Å²) in [5.74, 6) is 0.0485. The molecule has 0 aliphatic heterocycles. The molecule has 0 saturated heterocycles. The van der Waals surface area contributed by atoms with Crippen molar-refractivity contribution in [2.75, 3.05) is 6.54 Å². The minimum Gasteiger partial charge on any atom is -0.351 e. The normalized spacial score (nSPS) is 12.1. The van der Waals surface area contributed by atoms with Crippen LogP contribution in [0.4, 0.5) is 0 Å². The van der Waals surface area contributed by atoms with Gasteiger partial charge in [0.05, 0.1) is 16.3 Å². The van der Waals surface area contributed by atoms with Gasteiger partial charge in [0.1, 0.15) is 12.7 Å². The summed E-state index contributed by atoms with van der Waals surface area (Å²) in [6, 6.07) is 7.33. The Morgan fingerprint density at radius 1 is 1.39 bits per heavy atom. The van der Waals surface area contributed by atoms with Crippen molar-refractivity contribution in [1.29, 1.82) is 0 Å². The lowest BCUT2D eigenvalue weighted by atomic mass is 10.1. The van der Waals surface area contributed by atoms with Crippen molar-refractivity contribution in [2.24, 2.45) is 0 Å². The van der Waals surface area contributed by atoms with Gasteiger partial charge in [0.2, 0.25) is 0 Å². The number of carbonyl (C=O) groups is 1. The van der Waals surface area contributed by atoms with Gasteiger partial charge in [0.25, 0.3) is 5.91 Å². The van der Waals surface area contributed by atoms with Gasteiger partial charge in [0.15, 0.2) is 0 Å². The minimum atomic E-state index is -0.128. The maximum absolute atomic E-state index is 12.5. The molecule has 1 atom stereocenters. The zero-order valence-electron chi connectivity index (χ0n) is 12.9. The quantitative estimate of drug-likeness (QED) is 0.782. The van der Waals surface area contributed by atoms with Gasteiger partial charge in [-0.05, 0) is 19.1 Å². The number of thiazole rings is 1. The topological polar surface area (TPSA) is 72.7 Å². The SMILES string of the molecule is Cc1csc(C(C)CNC(=O)c2ccccc2-n2cncn2)n1. The largest absolute Gasteiger partial charge is 0.351 e. The third kappa shape index (κ3) is 3.45. The van der Waals surface area contributed by atoms with Crippen LogP contribution in [0.25, 0.3) is 5.69 Å². The van der Waals surface area contributed by atoms with Gasteiger partial charge < -0.3 is 5.32 Å². The van der Waals surface area contributed by atoms with Gasteiger partial charge in [0, 0.05) is 23.5 Å². The first-order valence-corrected chi connectivity index (χ1v) is 8.17. The number of hydrogen-bond donors (Lipinski definition) is 1. The molecule has 3 rings (SSSR count). The molecular weight excluding hydrogens is 310 g/mol. The van der Waals surface area contributed by atoms with Crippen LogP contribution in [0.15, 0.2) is 42.3 Å². The van der Waals surface area contributed by atoms with Crippen molar-refractivity contribution >= 4 is 17.2 Å². The second kappa shape index (κ2) is 6.70. The molecule has 0 radical (unpaired) electrons. The van der Waals surface area contributed by atoms with Crippen molar-refractivity contribution in [1.82, 2.24) is 25.1 Å². The molecule has 2 aromatic heterocycles. The van der Waals surface area contributed by atoms with E-state index in [1.54, 1.807) is 28.4 Å². The van der Waals surface area contributed by atoms with E-state index in [0.717, 1.165) is 10.7 Å². The molecule has 1 unspecified atom stereocenters. The van der Waals surface area contributed by atoms with Gasteiger partial charge in [-0.3, -0.25) is 4.79 Å². The molecule has 1 amide bonds. The summed E-state index contributed by atoms with van der Waals surface area (Å²) < 4.78 is 1.59. The maximum Gasteiger partial charge on any atom is 0.253 e. The number of rotatable bonds is 5. The van der Waals surface area contributed by atoms with E-state index in [9.17, 15) is 4.79 Å². The summed E-state index contributed by atoms with van der Waals surface area (Å²) in [6.07, 6.45) is 3.02. The predicted octanol–water partition coefficient (Wildman–Crippen LogP) is 2.57. The van der Waals surface area contributed by atoms with E-state index in [1.807, 2.05) is 30.5 Å². The van der Waals surface area contributed by atoms with E-state index in [2.05, 4.69) is 27.3 Å². The van der Waals surface area contributed by atoms with Crippen LogP contribution in [-0.4, -0.2) is 32.2 Å². The highest BCUT2D eigenvalue weighted by atomic mass is 32.1. The fourth-order valence-electron chi connectivity index (χ4n) is 2.22. The fourth-order valence-corrected chi connectivity index (χ4v) is 3.08. The summed E-state index contributed by atoms with van der Waals surface area (Å²) in [7, 11) is 0. The van der Waals surface area contributed by atoms with E-state index in [0.29, 0.717) is 17.8 Å². The molecule has 23 heavy (non-hydrogen) atoms. The highest BCUT2D eigenvalue weighted by molar-refractivity contribution is 7.09. The highest BCUT2D eigenvalue weighted by Crippen LogP contribution is 2.19. The van der Waals surface area contributed by atoms with Crippen LogP contribution in [0, 0.1) is 6.92 Å². The zero-order chi connectivity index (χ0) is 16.2. The predicted molar refractivity (Wildman–Crippen MR) is 89.0 cm³/mol. The number of para-hydroxylation sites is 1. The second-order valence-corrected chi connectivity index (χ2v) is 6.19. The van der Waals surface area contributed by atoms with E-state index in [4.69, 9.17) is 0 Å². The Morgan fingerprint density at radius 3 is 2.91 bits per heavy atom. The zero-order valence-corrected chi connectivity index (χ0v) is 13.7. The smallest absolute Gasteiger partial charge is 0.253 e. The van der Waals surface area contributed by atoms with Crippen LogP contribution in [0.1, 0.15) is 33.9 Å². The summed E-state index contributed by atoms with van der Waals surface area (Å²) in [6.45, 7) is 4.57. The monoisotopic (exact) mass is 327 g/mol. The first-order valence-electron chi connectivity index (χ1n) is 7.29. The van der Waals surface area contributed by atoms with Crippen LogP contribution in [-0.2, 0) is 0 Å². The van der Waals surface area contributed by atoms with Crippen molar-refractivity contribution in [3.05, 3.63) is 58.6 Å². The maximum atomic E-state index is 12.5. The number of carbonyl (C=O) groups excluding carboxylic acids is 1. The van der Waals surface area contributed by atoms with Gasteiger partial charge in [-0.25, -0.2) is 14.6 Å². The number of aryl methyl sites for hydroxylation is 1. The van der Waals surface area contributed by atoms with Crippen molar-refractivity contribution in [3.8, 4) is 5.69 Å². The first kappa shape index (κ1) is 15.4. The molecule has 0 saturated carbocycles. The Kier molecular flexibility index (Phi) is 4.47. The van der Waals surface area contributed by atoms with Gasteiger partial charge >= 0.3 is 0 Å². The third-order valence-electron chi connectivity index (χ3n) is 3.44. The minimum absolute atomic E-state index is 0.128. The summed E-state index contributed by atoms with van der Waals surface area (Å²) in [5.41, 5.74) is 2.29. The number of amides is 1. The van der Waals surface area contributed by atoms with Gasteiger partial charge in [-0.15, -0.1) is 11.3 Å². The van der Waals surface area contributed by atoms with E-state index in [1.165, 1.54) is 6.33 Å². The summed E-state index contributed by atoms with van der Waals surface area (Å²) >= 11 is 1.62. The van der Waals surface area contributed by atoms with E-state index in [-0.39, 0.29) is 11.8 Å². The summed E-state index contributed by atoms with van der Waals surface area (Å²) in [5, 5.41) is 10.1. The molecule has 0 spiro atoms. The lowest BCUT2D eigenvalue weighted by Crippen LogP contribution is -2.28. The van der Waals surface area contributed by atoms with Crippen LogP contribution in [0.2, 0.25) is 0 Å². The van der Waals surface area contributed by atoms with E-state index < -0.39 is 0 Å². The Morgan fingerprint density at radius 2 is 2.22 bits per heavy atom. The molecule has 0 fully saturated rings. The number of hydrogen-bond acceptors (Lipinski definition) is 5. The average molecular weight is 327 g/mol. The molecule has 6 nitrogen and oxygen atoms in total. The molecule has 0 aliphatic rings. The molecule has 1 N–H and O–H groups in total. The first-order chi connectivity index (χ1) is 11.1. The molecule has 7 heteroatoms. The second-order valence-electron chi connectivity index (χ2n) is 5.30. The van der Waals surface area contributed by atoms with Gasteiger partial charge in [-0.1, -0.05) is 19.1 Å². The highest BCUT2D eigenvalue weighted by Gasteiger charge is 2.15. The van der Waals surface area contributed by atoms with Gasteiger partial charge in [-0.2, -0.15) is 5.10 Å². The van der Waals surface area contributed by atoms with Crippen molar-refractivity contribution in [2.45, 2.75) is 19.8 Å². The number of benzene rings is 1.